The van der Waals surface area contributed by atoms with Crippen LogP contribution in [0.25, 0.3) is 5.57 Å². The van der Waals surface area contributed by atoms with Crippen molar-refractivity contribution in [2.75, 3.05) is 18.1 Å². The third-order valence-corrected chi connectivity index (χ3v) is 4.48. The van der Waals surface area contributed by atoms with E-state index in [1.54, 1.807) is 6.20 Å². The molecule has 0 saturated carbocycles. The summed E-state index contributed by atoms with van der Waals surface area (Å²) in [5.74, 6) is 2.16. The smallest absolute Gasteiger partial charge is 0.221 e. The Morgan fingerprint density at radius 3 is 2.63 bits per heavy atom. The minimum atomic E-state index is -0.361. The number of aromatic nitrogens is 2. The van der Waals surface area contributed by atoms with Crippen molar-refractivity contribution < 1.29 is 9.47 Å². The first-order valence-electron chi connectivity index (χ1n) is 9.40. The van der Waals surface area contributed by atoms with Crippen LogP contribution < -0.4 is 20.9 Å². The molecule has 1 aromatic carbocycles. The molecule has 0 atom stereocenters. The predicted molar refractivity (Wildman–Crippen MR) is 109 cm³/mol. The molecule has 4 N–H and O–H groups in total. The van der Waals surface area contributed by atoms with E-state index in [-0.39, 0.29) is 11.5 Å². The van der Waals surface area contributed by atoms with Gasteiger partial charge in [0.2, 0.25) is 5.95 Å². The fraction of sp³-hybridized carbons (Fsp3) is 0.429. The lowest BCUT2D eigenvalue weighted by molar-refractivity contribution is 0.148. The van der Waals surface area contributed by atoms with Gasteiger partial charge < -0.3 is 20.9 Å². The van der Waals surface area contributed by atoms with Crippen molar-refractivity contribution in [1.29, 1.82) is 0 Å². The average Bonchev–Trinajstić information content (AvgIpc) is 2.58. The molecule has 27 heavy (non-hydrogen) atoms. The highest BCUT2D eigenvalue weighted by atomic mass is 16.5. The van der Waals surface area contributed by atoms with Gasteiger partial charge in [-0.05, 0) is 56.5 Å². The van der Waals surface area contributed by atoms with Crippen molar-refractivity contribution in [1.82, 2.24) is 9.97 Å². The third-order valence-electron chi connectivity index (χ3n) is 4.48. The molecule has 2 heterocycles. The quantitative estimate of drug-likeness (QED) is 0.800. The van der Waals surface area contributed by atoms with E-state index in [4.69, 9.17) is 20.9 Å². The lowest BCUT2D eigenvalue weighted by atomic mass is 9.89. The van der Waals surface area contributed by atoms with Gasteiger partial charge in [-0.1, -0.05) is 13.3 Å². The van der Waals surface area contributed by atoms with Gasteiger partial charge in [0.25, 0.3) is 0 Å². The maximum Gasteiger partial charge on any atom is 0.221 e. The van der Waals surface area contributed by atoms with Crippen LogP contribution in [0.15, 0.2) is 24.4 Å². The predicted octanol–water partition coefficient (Wildman–Crippen LogP) is 3.99. The summed E-state index contributed by atoms with van der Waals surface area (Å²) in [4.78, 5) is 8.12. The van der Waals surface area contributed by atoms with Crippen LogP contribution in [0.1, 0.15) is 57.2 Å². The maximum absolute atomic E-state index is 6.26. The standard InChI is InChI=1S/C21H28N4O2/c1-5-7-14-11-21(3,4)27-18-16(14)9-13(10-17(18)26-6-2)8-15-12-24-20(23)25-19(15)22/h9-12H,5-8H2,1-4H3,(H4,22,23,24,25). The van der Waals surface area contributed by atoms with Gasteiger partial charge in [0, 0.05) is 23.7 Å². The topological polar surface area (TPSA) is 96.3 Å². The van der Waals surface area contributed by atoms with Crippen molar-refractivity contribution in [3.8, 4) is 11.5 Å². The van der Waals surface area contributed by atoms with Gasteiger partial charge in [-0.3, -0.25) is 0 Å². The normalized spacial score (nSPS) is 14.9. The summed E-state index contributed by atoms with van der Waals surface area (Å²) in [6.45, 7) is 8.87. The summed E-state index contributed by atoms with van der Waals surface area (Å²) in [5, 5.41) is 0. The molecule has 2 aromatic rings. The molecule has 0 spiro atoms. The molecule has 144 valence electrons. The van der Waals surface area contributed by atoms with Crippen molar-refractivity contribution in [3.05, 3.63) is 41.1 Å². The highest BCUT2D eigenvalue weighted by Gasteiger charge is 2.29. The van der Waals surface area contributed by atoms with Gasteiger partial charge in [0.15, 0.2) is 11.5 Å². The second-order valence-corrected chi connectivity index (χ2v) is 7.34. The van der Waals surface area contributed by atoms with E-state index in [1.807, 2.05) is 13.0 Å². The number of nitrogen functional groups attached to an aromatic ring is 2. The van der Waals surface area contributed by atoms with E-state index in [1.165, 1.54) is 5.57 Å². The Morgan fingerprint density at radius 2 is 1.96 bits per heavy atom. The number of nitrogens with zero attached hydrogens (tertiary/aromatic N) is 2. The molecule has 0 amide bonds. The molecule has 3 rings (SSSR count). The largest absolute Gasteiger partial charge is 0.490 e. The van der Waals surface area contributed by atoms with Crippen molar-refractivity contribution >= 4 is 17.3 Å². The summed E-state index contributed by atoms with van der Waals surface area (Å²) in [6.07, 6.45) is 6.54. The Hall–Kier alpha value is -2.76. The van der Waals surface area contributed by atoms with Gasteiger partial charge in [-0.25, -0.2) is 4.98 Å². The summed E-state index contributed by atoms with van der Waals surface area (Å²) in [7, 11) is 0. The Morgan fingerprint density at radius 1 is 1.19 bits per heavy atom. The van der Waals surface area contributed by atoms with E-state index in [0.717, 1.165) is 41.0 Å². The van der Waals surface area contributed by atoms with Crippen molar-refractivity contribution in [2.24, 2.45) is 0 Å². The molecule has 6 nitrogen and oxygen atoms in total. The molecule has 0 aliphatic carbocycles. The van der Waals surface area contributed by atoms with Gasteiger partial charge in [0.1, 0.15) is 11.4 Å². The molecular formula is C21H28N4O2. The van der Waals surface area contributed by atoms with Gasteiger partial charge in [-0.2, -0.15) is 4.98 Å². The molecule has 1 aromatic heterocycles. The first kappa shape index (κ1) is 19.0. The van der Waals surface area contributed by atoms with Gasteiger partial charge in [0.05, 0.1) is 6.61 Å². The molecule has 0 unspecified atom stereocenters. The summed E-state index contributed by atoms with van der Waals surface area (Å²) < 4.78 is 12.2. The number of benzene rings is 1. The molecule has 0 bridgehead atoms. The second kappa shape index (κ2) is 7.47. The number of anilines is 2. The number of hydrogen-bond acceptors (Lipinski definition) is 6. The molecule has 6 heteroatoms. The maximum atomic E-state index is 6.26. The molecule has 1 aliphatic heterocycles. The number of hydrogen-bond donors (Lipinski definition) is 2. The SMILES string of the molecule is CCCC1=CC(C)(C)Oc2c(OCC)cc(Cc3cnc(N)nc3N)cc21. The van der Waals surface area contributed by atoms with E-state index >= 15 is 0 Å². The summed E-state index contributed by atoms with van der Waals surface area (Å²) in [6, 6.07) is 4.17. The Balaban J connectivity index is 2.07. The number of nitrogens with two attached hydrogens (primary N) is 2. The second-order valence-electron chi connectivity index (χ2n) is 7.34. The summed E-state index contributed by atoms with van der Waals surface area (Å²) >= 11 is 0. The van der Waals surface area contributed by atoms with Crippen LogP contribution in [0.5, 0.6) is 11.5 Å². The third kappa shape index (κ3) is 4.15. The number of rotatable bonds is 6. The number of allylic oxidation sites excluding steroid dienone is 1. The zero-order valence-corrected chi connectivity index (χ0v) is 16.5. The molecule has 0 fully saturated rings. The van der Waals surface area contributed by atoms with Gasteiger partial charge in [-0.15, -0.1) is 0 Å². The van der Waals surface area contributed by atoms with E-state index in [9.17, 15) is 0 Å². The van der Waals surface area contributed by atoms with Gasteiger partial charge >= 0.3 is 0 Å². The number of fused-ring (bicyclic) bond motifs is 1. The van der Waals surface area contributed by atoms with Crippen LogP contribution in [0, 0.1) is 0 Å². The fourth-order valence-corrected chi connectivity index (χ4v) is 3.42. The average molecular weight is 368 g/mol. The number of ether oxygens (including phenoxy) is 2. The molecule has 0 radical (unpaired) electrons. The first-order chi connectivity index (χ1) is 12.8. The minimum Gasteiger partial charge on any atom is -0.490 e. The highest BCUT2D eigenvalue weighted by molar-refractivity contribution is 5.76. The highest BCUT2D eigenvalue weighted by Crippen LogP contribution is 2.45. The molecule has 1 aliphatic rings. The Kier molecular flexibility index (Phi) is 5.26. The van der Waals surface area contributed by atoms with Crippen molar-refractivity contribution in [2.45, 2.75) is 52.6 Å². The minimum absolute atomic E-state index is 0.181. The van der Waals surface area contributed by atoms with E-state index in [2.05, 4.69) is 42.9 Å². The van der Waals surface area contributed by atoms with E-state index in [0.29, 0.717) is 18.8 Å². The van der Waals surface area contributed by atoms with Crippen LogP contribution >= 0.6 is 0 Å². The van der Waals surface area contributed by atoms with Crippen molar-refractivity contribution in [3.63, 3.8) is 0 Å². The van der Waals surface area contributed by atoms with E-state index < -0.39 is 0 Å². The first-order valence-corrected chi connectivity index (χ1v) is 9.40. The van der Waals surface area contributed by atoms with Crippen LogP contribution in [-0.2, 0) is 6.42 Å². The van der Waals surface area contributed by atoms with Crippen LogP contribution in [-0.4, -0.2) is 22.2 Å². The van der Waals surface area contributed by atoms with Crippen LogP contribution in [0.4, 0.5) is 11.8 Å². The molecule has 0 saturated heterocycles. The van der Waals surface area contributed by atoms with Crippen LogP contribution in [0.3, 0.4) is 0 Å². The Labute approximate surface area is 160 Å². The Bertz CT molecular complexity index is 875. The lowest BCUT2D eigenvalue weighted by Crippen LogP contribution is -2.29. The lowest BCUT2D eigenvalue weighted by Gasteiger charge is -2.32. The zero-order chi connectivity index (χ0) is 19.6. The summed E-state index contributed by atoms with van der Waals surface area (Å²) in [5.41, 5.74) is 15.5. The monoisotopic (exact) mass is 368 g/mol. The van der Waals surface area contributed by atoms with Crippen LogP contribution in [0.2, 0.25) is 0 Å². The molecular weight excluding hydrogens is 340 g/mol. The zero-order valence-electron chi connectivity index (χ0n) is 16.5. The fourth-order valence-electron chi connectivity index (χ4n) is 3.42.